The Kier molecular flexibility index (Phi) is 2.99. The number of rotatable bonds is 2. The summed E-state index contributed by atoms with van der Waals surface area (Å²) in [5, 5.41) is 20.4. The van der Waals surface area contributed by atoms with Gasteiger partial charge in [-0.1, -0.05) is 18.6 Å². The zero-order chi connectivity index (χ0) is 17.6. The van der Waals surface area contributed by atoms with Crippen LogP contribution in [-0.4, -0.2) is 45.7 Å². The molecule has 134 valence electrons. The Labute approximate surface area is 146 Å². The SMILES string of the molecule is C[C@]12C=CC(=O)C=C1CC[C@@H]1[C@@H]2C(O)C[C@]23O[C@]2(C(=O)CO)CC[C@@H]13. The third-order valence-corrected chi connectivity index (χ3v) is 7.95. The van der Waals surface area contributed by atoms with E-state index in [1.165, 1.54) is 0 Å². The van der Waals surface area contributed by atoms with E-state index in [1.807, 2.05) is 6.08 Å². The second kappa shape index (κ2) is 4.70. The fourth-order valence-electron chi connectivity index (χ4n) is 6.92. The summed E-state index contributed by atoms with van der Waals surface area (Å²) in [6.45, 7) is 1.64. The number of hydrogen-bond acceptors (Lipinski definition) is 5. The number of aliphatic hydroxyl groups is 2. The topological polar surface area (TPSA) is 87.1 Å². The van der Waals surface area contributed by atoms with E-state index < -0.39 is 23.9 Å². The Bertz CT molecular complexity index is 738. The van der Waals surface area contributed by atoms with Crippen molar-refractivity contribution in [3.63, 3.8) is 0 Å². The van der Waals surface area contributed by atoms with Crippen LogP contribution in [0.2, 0.25) is 0 Å². The molecule has 4 fully saturated rings. The Hall–Kier alpha value is -1.30. The molecule has 5 rings (SSSR count). The summed E-state index contributed by atoms with van der Waals surface area (Å²) in [4.78, 5) is 24.1. The average molecular weight is 344 g/mol. The minimum atomic E-state index is -0.853. The number of Topliss-reactive ketones (excluding diaryl/α,β-unsaturated/α-hetero) is 1. The van der Waals surface area contributed by atoms with Crippen molar-refractivity contribution in [2.45, 2.75) is 56.3 Å². The fraction of sp³-hybridized carbons (Fsp3) is 0.700. The maximum atomic E-state index is 12.3. The van der Waals surface area contributed by atoms with Gasteiger partial charge in [0.1, 0.15) is 12.2 Å². The van der Waals surface area contributed by atoms with Crippen molar-refractivity contribution in [1.82, 2.24) is 0 Å². The normalized spacial score (nSPS) is 52.6. The molecule has 0 amide bonds. The Balaban J connectivity index is 1.53. The van der Waals surface area contributed by atoms with Gasteiger partial charge in [0.2, 0.25) is 0 Å². The lowest BCUT2D eigenvalue weighted by atomic mass is 9.49. The first kappa shape index (κ1) is 15.9. The van der Waals surface area contributed by atoms with Crippen LogP contribution in [0.3, 0.4) is 0 Å². The fourth-order valence-corrected chi connectivity index (χ4v) is 6.92. The summed E-state index contributed by atoms with van der Waals surface area (Å²) in [6.07, 6.45) is 8.58. The van der Waals surface area contributed by atoms with Crippen molar-refractivity contribution in [2.24, 2.45) is 23.2 Å². The monoisotopic (exact) mass is 344 g/mol. The molecular formula is C20H24O5. The first-order valence-corrected chi connectivity index (χ1v) is 9.35. The third kappa shape index (κ3) is 1.70. The van der Waals surface area contributed by atoms with Crippen LogP contribution in [-0.2, 0) is 14.3 Å². The van der Waals surface area contributed by atoms with Crippen LogP contribution in [0.25, 0.3) is 0 Å². The summed E-state index contributed by atoms with van der Waals surface area (Å²) < 4.78 is 6.03. The zero-order valence-corrected chi connectivity index (χ0v) is 14.4. The number of aliphatic hydroxyl groups excluding tert-OH is 2. The van der Waals surface area contributed by atoms with Gasteiger partial charge in [0.15, 0.2) is 17.2 Å². The first-order valence-electron chi connectivity index (χ1n) is 9.35. The predicted molar refractivity (Wildman–Crippen MR) is 88.5 cm³/mol. The van der Waals surface area contributed by atoms with E-state index >= 15 is 0 Å². The molecule has 2 N–H and O–H groups in total. The van der Waals surface area contributed by atoms with Crippen molar-refractivity contribution < 1.29 is 24.5 Å². The van der Waals surface area contributed by atoms with Gasteiger partial charge in [0, 0.05) is 17.8 Å². The number of ether oxygens (including phenoxy) is 1. The molecule has 1 saturated heterocycles. The van der Waals surface area contributed by atoms with E-state index in [0.717, 1.165) is 24.8 Å². The van der Waals surface area contributed by atoms with Crippen LogP contribution >= 0.6 is 0 Å². The maximum absolute atomic E-state index is 12.3. The van der Waals surface area contributed by atoms with E-state index in [-0.39, 0.29) is 34.7 Å². The second-order valence-corrected chi connectivity index (χ2v) is 8.73. The van der Waals surface area contributed by atoms with Gasteiger partial charge in [0.05, 0.1) is 6.10 Å². The highest BCUT2D eigenvalue weighted by Gasteiger charge is 2.83. The molecule has 0 aromatic rings. The van der Waals surface area contributed by atoms with Crippen LogP contribution in [0.1, 0.15) is 39.0 Å². The molecule has 5 aliphatic rings. The number of ketones is 2. The molecular weight excluding hydrogens is 320 g/mol. The molecule has 0 radical (unpaired) electrons. The summed E-state index contributed by atoms with van der Waals surface area (Å²) in [5.74, 6) is 0.384. The van der Waals surface area contributed by atoms with E-state index in [0.29, 0.717) is 12.8 Å². The second-order valence-electron chi connectivity index (χ2n) is 8.73. The van der Waals surface area contributed by atoms with Crippen molar-refractivity contribution in [3.05, 3.63) is 23.8 Å². The molecule has 0 bridgehead atoms. The largest absolute Gasteiger partial charge is 0.393 e. The number of epoxide rings is 1. The number of allylic oxidation sites excluding steroid dienone is 4. The summed E-state index contributed by atoms with van der Waals surface area (Å²) >= 11 is 0. The predicted octanol–water partition coefficient (Wildman–Crippen LogP) is 1.33. The molecule has 3 saturated carbocycles. The van der Waals surface area contributed by atoms with Crippen molar-refractivity contribution in [2.75, 3.05) is 6.61 Å². The molecule has 5 heteroatoms. The highest BCUT2D eigenvalue weighted by atomic mass is 16.6. The van der Waals surface area contributed by atoms with Gasteiger partial charge < -0.3 is 14.9 Å². The van der Waals surface area contributed by atoms with Gasteiger partial charge in [-0.25, -0.2) is 0 Å². The quantitative estimate of drug-likeness (QED) is 0.738. The van der Waals surface area contributed by atoms with Crippen molar-refractivity contribution in [1.29, 1.82) is 0 Å². The highest BCUT2D eigenvalue weighted by molar-refractivity contribution is 6.01. The third-order valence-electron chi connectivity index (χ3n) is 7.95. The summed E-state index contributed by atoms with van der Waals surface area (Å²) in [6, 6.07) is 0. The minimum Gasteiger partial charge on any atom is -0.393 e. The molecule has 25 heavy (non-hydrogen) atoms. The van der Waals surface area contributed by atoms with Gasteiger partial charge >= 0.3 is 0 Å². The first-order chi connectivity index (χ1) is 11.9. The van der Waals surface area contributed by atoms with Gasteiger partial charge in [-0.2, -0.15) is 0 Å². The molecule has 1 unspecified atom stereocenters. The van der Waals surface area contributed by atoms with Gasteiger partial charge in [-0.05, 0) is 49.7 Å². The van der Waals surface area contributed by atoms with Crippen LogP contribution in [0, 0.1) is 23.2 Å². The lowest BCUT2D eigenvalue weighted by Crippen LogP contribution is -2.56. The van der Waals surface area contributed by atoms with Crippen LogP contribution in [0.15, 0.2) is 23.8 Å². The Morgan fingerprint density at radius 3 is 2.96 bits per heavy atom. The van der Waals surface area contributed by atoms with Gasteiger partial charge in [0.25, 0.3) is 0 Å². The van der Waals surface area contributed by atoms with Crippen LogP contribution < -0.4 is 0 Å². The summed E-state index contributed by atoms with van der Waals surface area (Å²) in [7, 11) is 0. The lowest BCUT2D eigenvalue weighted by Gasteiger charge is -2.55. The zero-order valence-electron chi connectivity index (χ0n) is 14.4. The van der Waals surface area contributed by atoms with Crippen molar-refractivity contribution in [3.8, 4) is 0 Å². The minimum absolute atomic E-state index is 0.0339. The van der Waals surface area contributed by atoms with E-state index in [2.05, 4.69) is 6.92 Å². The Morgan fingerprint density at radius 1 is 1.40 bits per heavy atom. The maximum Gasteiger partial charge on any atom is 0.192 e. The molecule has 7 atom stereocenters. The molecule has 0 aromatic carbocycles. The molecule has 4 aliphatic carbocycles. The lowest BCUT2D eigenvalue weighted by molar-refractivity contribution is -0.127. The number of fused-ring (bicyclic) bond motifs is 4. The Morgan fingerprint density at radius 2 is 2.20 bits per heavy atom. The molecule has 1 aliphatic heterocycles. The van der Waals surface area contributed by atoms with E-state index in [9.17, 15) is 19.8 Å². The van der Waals surface area contributed by atoms with Gasteiger partial charge in [-0.15, -0.1) is 0 Å². The highest BCUT2D eigenvalue weighted by Crippen LogP contribution is 2.73. The van der Waals surface area contributed by atoms with Crippen LogP contribution in [0.5, 0.6) is 0 Å². The van der Waals surface area contributed by atoms with E-state index in [4.69, 9.17) is 4.74 Å². The number of carbonyl (C=O) groups excluding carboxylic acids is 2. The van der Waals surface area contributed by atoms with Crippen molar-refractivity contribution >= 4 is 11.6 Å². The molecule has 1 heterocycles. The molecule has 0 aromatic heterocycles. The summed E-state index contributed by atoms with van der Waals surface area (Å²) in [5.41, 5.74) is -0.588. The number of hydrogen-bond donors (Lipinski definition) is 2. The molecule has 5 nitrogen and oxygen atoms in total. The van der Waals surface area contributed by atoms with E-state index in [1.54, 1.807) is 12.2 Å². The standard InChI is InChI=1S/C20H24O5/c1-18-6-4-12(22)8-11(18)2-3-13-14-5-7-19(16(24)10-21)20(14,25-19)9-15(23)17(13)18/h4,6,8,13-15,17,21,23H,2-3,5,7,9-10H2,1H3/t13-,14-,15?,17+,18-,19-,20+/m0/s1. The molecule has 1 spiro atoms. The smallest absolute Gasteiger partial charge is 0.192 e. The average Bonchev–Trinajstić information content (AvgIpc) is 3.11. The van der Waals surface area contributed by atoms with Gasteiger partial charge in [-0.3, -0.25) is 9.59 Å². The van der Waals surface area contributed by atoms with Crippen LogP contribution in [0.4, 0.5) is 0 Å². The number of carbonyl (C=O) groups is 2.